The Morgan fingerprint density at radius 1 is 1.35 bits per heavy atom. The van der Waals surface area contributed by atoms with E-state index in [1.807, 2.05) is 4.57 Å². The summed E-state index contributed by atoms with van der Waals surface area (Å²) in [5.74, 6) is -0.917. The maximum Gasteiger partial charge on any atom is 0.335 e. The predicted molar refractivity (Wildman–Crippen MR) is 79.6 cm³/mol. The Balaban J connectivity index is 2.11. The minimum Gasteiger partial charge on any atom is -0.478 e. The van der Waals surface area contributed by atoms with Crippen molar-refractivity contribution in [1.29, 1.82) is 0 Å². The van der Waals surface area contributed by atoms with E-state index in [2.05, 4.69) is 31.0 Å². The van der Waals surface area contributed by atoms with Gasteiger partial charge in [0.1, 0.15) is 0 Å². The molecule has 3 rings (SSSR count). The summed E-state index contributed by atoms with van der Waals surface area (Å²) in [6.07, 6.45) is 1.77. The first-order valence-electron chi connectivity index (χ1n) is 6.32. The minimum absolute atomic E-state index is 0.141. The number of imidazole rings is 1. The van der Waals surface area contributed by atoms with Gasteiger partial charge in [-0.05, 0) is 44.2 Å². The molecule has 0 saturated carbocycles. The first-order valence-corrected chi connectivity index (χ1v) is 7.14. The van der Waals surface area contributed by atoms with Crippen molar-refractivity contribution in [2.45, 2.75) is 19.9 Å². The molecule has 0 bridgehead atoms. The first kappa shape index (κ1) is 12.9. The molecule has 2 heterocycles. The van der Waals surface area contributed by atoms with Crippen LogP contribution in [0.25, 0.3) is 11.0 Å². The van der Waals surface area contributed by atoms with Gasteiger partial charge in [0.25, 0.3) is 0 Å². The first-order chi connectivity index (χ1) is 9.56. The largest absolute Gasteiger partial charge is 0.478 e. The molecule has 1 atom stereocenters. The van der Waals surface area contributed by atoms with Crippen LogP contribution in [0.15, 0.2) is 36.7 Å². The molecule has 5 heteroatoms. The number of aryl methyl sites for hydroxylation is 1. The summed E-state index contributed by atoms with van der Waals surface area (Å²) >= 11 is 1.75. The van der Waals surface area contributed by atoms with E-state index in [0.29, 0.717) is 0 Å². The van der Waals surface area contributed by atoms with Crippen LogP contribution in [0.1, 0.15) is 33.1 Å². The van der Waals surface area contributed by atoms with E-state index in [9.17, 15) is 4.79 Å². The lowest BCUT2D eigenvalue weighted by molar-refractivity contribution is 0.0697. The van der Waals surface area contributed by atoms with E-state index in [1.165, 1.54) is 9.75 Å². The molecule has 0 aliphatic rings. The highest BCUT2D eigenvalue weighted by atomic mass is 32.1. The van der Waals surface area contributed by atoms with Gasteiger partial charge in [-0.1, -0.05) is 0 Å². The van der Waals surface area contributed by atoms with Crippen molar-refractivity contribution in [2.75, 3.05) is 0 Å². The predicted octanol–water partition coefficient (Wildman–Crippen LogP) is 3.71. The molecule has 1 unspecified atom stereocenters. The van der Waals surface area contributed by atoms with Gasteiger partial charge in [0.15, 0.2) is 0 Å². The zero-order valence-corrected chi connectivity index (χ0v) is 12.0. The van der Waals surface area contributed by atoms with Crippen LogP contribution in [0.2, 0.25) is 0 Å². The fourth-order valence-corrected chi connectivity index (χ4v) is 3.21. The van der Waals surface area contributed by atoms with E-state index in [0.717, 1.165) is 11.0 Å². The van der Waals surface area contributed by atoms with Crippen LogP contribution in [-0.2, 0) is 0 Å². The van der Waals surface area contributed by atoms with Crippen molar-refractivity contribution in [3.8, 4) is 0 Å². The van der Waals surface area contributed by atoms with Crippen LogP contribution in [0.4, 0.5) is 0 Å². The molecule has 0 aliphatic heterocycles. The molecule has 0 saturated heterocycles. The van der Waals surface area contributed by atoms with Crippen LogP contribution >= 0.6 is 11.3 Å². The molecule has 1 aromatic carbocycles. The Bertz CT molecular complexity index is 788. The molecule has 3 aromatic rings. The lowest BCUT2D eigenvalue weighted by Gasteiger charge is -2.12. The fourth-order valence-electron chi connectivity index (χ4n) is 2.28. The van der Waals surface area contributed by atoms with Crippen LogP contribution < -0.4 is 0 Å². The van der Waals surface area contributed by atoms with E-state index < -0.39 is 5.97 Å². The molecule has 2 aromatic heterocycles. The van der Waals surface area contributed by atoms with Crippen molar-refractivity contribution in [3.05, 3.63) is 52.0 Å². The molecular weight excluding hydrogens is 272 g/mol. The second-order valence-corrected chi connectivity index (χ2v) is 6.10. The summed E-state index contributed by atoms with van der Waals surface area (Å²) in [6, 6.07) is 9.36. The Hall–Kier alpha value is -2.14. The average molecular weight is 286 g/mol. The number of carboxylic acid groups (broad SMARTS) is 1. The number of benzene rings is 1. The molecule has 0 fully saturated rings. The summed E-state index contributed by atoms with van der Waals surface area (Å²) < 4.78 is 2.02. The number of carboxylic acids is 1. The SMILES string of the molecule is Cc1ccc(C(C)n2cnc3ccc(C(=O)O)cc32)s1. The minimum atomic E-state index is -0.917. The van der Waals surface area contributed by atoms with Gasteiger partial charge in [-0.3, -0.25) is 0 Å². The number of carbonyl (C=O) groups is 1. The van der Waals surface area contributed by atoms with Gasteiger partial charge in [-0.15, -0.1) is 11.3 Å². The van der Waals surface area contributed by atoms with Crippen molar-refractivity contribution < 1.29 is 9.90 Å². The quantitative estimate of drug-likeness (QED) is 0.798. The smallest absolute Gasteiger partial charge is 0.335 e. The van der Waals surface area contributed by atoms with E-state index in [1.54, 1.807) is 35.9 Å². The Morgan fingerprint density at radius 2 is 2.15 bits per heavy atom. The molecular formula is C15H14N2O2S. The van der Waals surface area contributed by atoms with Crippen molar-refractivity contribution in [3.63, 3.8) is 0 Å². The number of thiophene rings is 1. The van der Waals surface area contributed by atoms with E-state index >= 15 is 0 Å². The van der Waals surface area contributed by atoms with Gasteiger partial charge >= 0.3 is 5.97 Å². The Kier molecular flexibility index (Phi) is 3.06. The molecule has 0 amide bonds. The number of nitrogens with zero attached hydrogens (tertiary/aromatic N) is 2. The molecule has 0 radical (unpaired) electrons. The monoisotopic (exact) mass is 286 g/mol. The van der Waals surface area contributed by atoms with Crippen molar-refractivity contribution in [1.82, 2.24) is 9.55 Å². The van der Waals surface area contributed by atoms with Crippen LogP contribution in [-0.4, -0.2) is 20.6 Å². The third-order valence-corrected chi connectivity index (χ3v) is 4.58. The zero-order chi connectivity index (χ0) is 14.3. The second kappa shape index (κ2) is 4.76. The summed E-state index contributed by atoms with van der Waals surface area (Å²) in [4.78, 5) is 17.9. The van der Waals surface area contributed by atoms with Crippen LogP contribution in [0.5, 0.6) is 0 Å². The lowest BCUT2D eigenvalue weighted by Crippen LogP contribution is -2.04. The number of aromatic nitrogens is 2. The number of hydrogen-bond donors (Lipinski definition) is 1. The van der Waals surface area contributed by atoms with Gasteiger partial charge in [-0.25, -0.2) is 9.78 Å². The maximum atomic E-state index is 11.1. The average Bonchev–Trinajstić information content (AvgIpc) is 3.03. The number of hydrogen-bond acceptors (Lipinski definition) is 3. The summed E-state index contributed by atoms with van der Waals surface area (Å²) in [7, 11) is 0. The number of rotatable bonds is 3. The van der Waals surface area contributed by atoms with Gasteiger partial charge in [-0.2, -0.15) is 0 Å². The number of fused-ring (bicyclic) bond motifs is 1. The van der Waals surface area contributed by atoms with Gasteiger partial charge in [0.2, 0.25) is 0 Å². The standard InChI is InChI=1S/C15H14N2O2S/c1-9-3-6-14(20-9)10(2)17-8-16-12-5-4-11(15(18)19)7-13(12)17/h3-8,10H,1-2H3,(H,18,19). The third-order valence-electron chi connectivity index (χ3n) is 3.41. The normalized spacial score (nSPS) is 12.7. The molecule has 0 spiro atoms. The van der Waals surface area contributed by atoms with Crippen LogP contribution in [0.3, 0.4) is 0 Å². The zero-order valence-electron chi connectivity index (χ0n) is 11.2. The van der Waals surface area contributed by atoms with E-state index in [-0.39, 0.29) is 11.6 Å². The Labute approximate surface area is 120 Å². The van der Waals surface area contributed by atoms with Gasteiger partial charge < -0.3 is 9.67 Å². The van der Waals surface area contributed by atoms with Crippen molar-refractivity contribution >= 4 is 28.3 Å². The maximum absolute atomic E-state index is 11.1. The highest BCUT2D eigenvalue weighted by Crippen LogP contribution is 2.28. The third kappa shape index (κ3) is 2.10. The number of aromatic carboxylic acids is 1. The highest BCUT2D eigenvalue weighted by molar-refractivity contribution is 7.12. The van der Waals surface area contributed by atoms with Gasteiger partial charge in [0.05, 0.1) is 29.0 Å². The summed E-state index contributed by atoms with van der Waals surface area (Å²) in [5.41, 5.74) is 1.95. The topological polar surface area (TPSA) is 55.1 Å². The van der Waals surface area contributed by atoms with E-state index in [4.69, 9.17) is 5.11 Å². The summed E-state index contributed by atoms with van der Waals surface area (Å²) in [6.45, 7) is 4.18. The molecule has 20 heavy (non-hydrogen) atoms. The molecule has 102 valence electrons. The molecule has 1 N–H and O–H groups in total. The van der Waals surface area contributed by atoms with Gasteiger partial charge in [0, 0.05) is 9.75 Å². The highest BCUT2D eigenvalue weighted by Gasteiger charge is 2.14. The second-order valence-electron chi connectivity index (χ2n) is 4.78. The fraction of sp³-hybridized carbons (Fsp3) is 0.200. The van der Waals surface area contributed by atoms with Crippen molar-refractivity contribution in [2.24, 2.45) is 0 Å². The summed E-state index contributed by atoms with van der Waals surface area (Å²) in [5, 5.41) is 9.10. The molecule has 4 nitrogen and oxygen atoms in total. The van der Waals surface area contributed by atoms with Crippen LogP contribution in [0, 0.1) is 6.92 Å². The lowest BCUT2D eigenvalue weighted by atomic mass is 10.2. The molecule has 0 aliphatic carbocycles. The Morgan fingerprint density at radius 3 is 2.80 bits per heavy atom.